The molecule has 38 heavy (non-hydrogen) atoms. The van der Waals surface area contributed by atoms with Crippen molar-refractivity contribution >= 4 is 55.8 Å². The van der Waals surface area contributed by atoms with E-state index < -0.39 is 0 Å². The predicted molar refractivity (Wildman–Crippen MR) is 149 cm³/mol. The molecule has 10 heteroatoms. The highest BCUT2D eigenvalue weighted by Gasteiger charge is 2.30. The number of hydrogen-bond donors (Lipinski definition) is 2. The van der Waals surface area contributed by atoms with Gasteiger partial charge in [0.1, 0.15) is 17.9 Å². The molecule has 9 nitrogen and oxygen atoms in total. The minimum atomic E-state index is -0.347. The number of amides is 1. The van der Waals surface area contributed by atoms with Crippen molar-refractivity contribution in [2.45, 2.75) is 25.8 Å². The number of pyridine rings is 1. The molecular weight excluding hydrogens is 550 g/mol. The molecule has 1 amide bonds. The second-order valence-electron chi connectivity index (χ2n) is 8.66. The smallest absolute Gasteiger partial charge is 0.323 e. The maximum Gasteiger partial charge on any atom is 0.323 e. The number of rotatable bonds is 9. The van der Waals surface area contributed by atoms with E-state index in [1.807, 2.05) is 29.2 Å². The van der Waals surface area contributed by atoms with Crippen LogP contribution in [0.1, 0.15) is 25.3 Å². The first kappa shape index (κ1) is 27.1. The number of benzene rings is 2. The lowest BCUT2D eigenvalue weighted by atomic mass is 10.1. The number of nitrogens with zero attached hydrogens (tertiary/aromatic N) is 3. The molecule has 3 aromatic rings. The minimum Gasteiger partial charge on any atom is -0.494 e. The zero-order valence-electron chi connectivity index (χ0n) is 21.2. The Balaban J connectivity index is 1.56. The lowest BCUT2D eigenvalue weighted by molar-refractivity contribution is -0.148. The van der Waals surface area contributed by atoms with Crippen LogP contribution >= 0.6 is 15.9 Å². The second kappa shape index (κ2) is 12.5. The van der Waals surface area contributed by atoms with Gasteiger partial charge in [0.2, 0.25) is 5.91 Å². The number of carbonyl (C=O) groups excluding carboxylic acids is 2. The monoisotopic (exact) mass is 577 g/mol. The van der Waals surface area contributed by atoms with Gasteiger partial charge in [-0.15, -0.1) is 0 Å². The number of hydrogen-bond acceptors (Lipinski definition) is 8. The molecular formula is C28H28BrN5O4. The summed E-state index contributed by atoms with van der Waals surface area (Å²) in [4.78, 5) is 31.4. The fourth-order valence-corrected chi connectivity index (χ4v) is 4.84. The number of nitrogens with one attached hydrogen (secondary N) is 2. The van der Waals surface area contributed by atoms with E-state index in [1.165, 1.54) is 19.4 Å². The van der Waals surface area contributed by atoms with Gasteiger partial charge in [0.25, 0.3) is 0 Å². The lowest BCUT2D eigenvalue weighted by Gasteiger charge is -2.21. The number of anilines is 3. The van der Waals surface area contributed by atoms with Crippen LogP contribution in [-0.4, -0.2) is 54.6 Å². The third-order valence-corrected chi connectivity index (χ3v) is 6.69. The Bertz CT molecular complexity index is 1420. The molecule has 2 aromatic carbocycles. The van der Waals surface area contributed by atoms with E-state index in [9.17, 15) is 14.9 Å². The number of methoxy groups -OCH3 is 1. The van der Waals surface area contributed by atoms with Crippen LogP contribution in [0.3, 0.4) is 0 Å². The van der Waals surface area contributed by atoms with Gasteiger partial charge in [0.15, 0.2) is 0 Å². The van der Waals surface area contributed by atoms with Crippen molar-refractivity contribution in [2.75, 3.05) is 37.4 Å². The summed E-state index contributed by atoms with van der Waals surface area (Å²) in [6.45, 7) is 3.37. The molecule has 0 saturated carbocycles. The third-order valence-electron chi connectivity index (χ3n) is 6.19. The topological polar surface area (TPSA) is 117 Å². The molecule has 1 atom stereocenters. The standard InChI is InChI=1S/C28H28BrN5O4/c1-3-38-28(36)24-9-5-11-34(24)12-6-10-26(35)33-23-14-21-22(15-25(23)37-2)31-17-18(16-30)27(21)32-20-8-4-7-19(29)13-20/h4,6-8,10,13-15,17,24H,3,5,9,11-12H2,1-2H3,(H,31,32)(H,33,35)/b10-6+. The maximum absolute atomic E-state index is 12.8. The number of fused-ring (bicyclic) bond motifs is 1. The van der Waals surface area contributed by atoms with E-state index >= 15 is 0 Å². The first-order valence-corrected chi connectivity index (χ1v) is 13.0. The van der Waals surface area contributed by atoms with Gasteiger partial charge < -0.3 is 20.1 Å². The Morgan fingerprint density at radius 2 is 2.16 bits per heavy atom. The van der Waals surface area contributed by atoms with Gasteiger partial charge in [-0.05, 0) is 50.6 Å². The van der Waals surface area contributed by atoms with E-state index in [-0.39, 0.29) is 17.9 Å². The molecule has 0 spiro atoms. The normalized spacial score (nSPS) is 15.4. The highest BCUT2D eigenvalue weighted by molar-refractivity contribution is 9.10. The largest absolute Gasteiger partial charge is 0.494 e. The third kappa shape index (κ3) is 6.30. The molecule has 1 unspecified atom stereocenters. The van der Waals surface area contributed by atoms with E-state index in [0.29, 0.717) is 46.7 Å². The minimum absolute atomic E-state index is 0.221. The Kier molecular flexibility index (Phi) is 8.94. The van der Waals surface area contributed by atoms with E-state index in [0.717, 1.165) is 29.5 Å². The van der Waals surface area contributed by atoms with Crippen LogP contribution in [0, 0.1) is 11.3 Å². The number of likely N-dealkylation sites (tertiary alicyclic amines) is 1. The number of aromatic nitrogens is 1. The summed E-state index contributed by atoms with van der Waals surface area (Å²) in [5.74, 6) is -0.131. The zero-order chi connectivity index (χ0) is 27.1. The number of nitriles is 1. The summed E-state index contributed by atoms with van der Waals surface area (Å²) in [6, 6.07) is 13.0. The fraction of sp³-hybridized carbons (Fsp3) is 0.286. The van der Waals surface area contributed by atoms with Crippen LogP contribution in [0.15, 0.2) is 59.2 Å². The number of halogens is 1. The molecule has 1 fully saturated rings. The quantitative estimate of drug-likeness (QED) is 0.265. The van der Waals surface area contributed by atoms with Gasteiger partial charge in [-0.25, -0.2) is 0 Å². The summed E-state index contributed by atoms with van der Waals surface area (Å²) < 4.78 is 11.6. The average molecular weight is 578 g/mol. The van der Waals surface area contributed by atoms with Crippen LogP contribution in [0.2, 0.25) is 0 Å². The van der Waals surface area contributed by atoms with Crippen molar-refractivity contribution in [1.29, 1.82) is 5.26 Å². The van der Waals surface area contributed by atoms with Crippen molar-refractivity contribution < 1.29 is 19.1 Å². The molecule has 1 aliphatic rings. The summed E-state index contributed by atoms with van der Waals surface area (Å²) in [5, 5.41) is 16.5. The number of ether oxygens (including phenoxy) is 2. The lowest BCUT2D eigenvalue weighted by Crippen LogP contribution is -2.37. The number of carbonyl (C=O) groups is 2. The van der Waals surface area contributed by atoms with Crippen molar-refractivity contribution in [3.05, 3.63) is 64.8 Å². The van der Waals surface area contributed by atoms with Crippen molar-refractivity contribution in [3.63, 3.8) is 0 Å². The zero-order valence-corrected chi connectivity index (χ0v) is 22.7. The van der Waals surface area contributed by atoms with Crippen molar-refractivity contribution in [2.24, 2.45) is 0 Å². The highest BCUT2D eigenvalue weighted by Crippen LogP contribution is 2.36. The molecule has 1 aliphatic heterocycles. The maximum atomic E-state index is 12.8. The molecule has 4 rings (SSSR count). The van der Waals surface area contributed by atoms with Gasteiger partial charge in [-0.1, -0.05) is 28.1 Å². The molecule has 0 bridgehead atoms. The van der Waals surface area contributed by atoms with Crippen LogP contribution < -0.4 is 15.4 Å². The van der Waals surface area contributed by atoms with Crippen LogP contribution in [0.25, 0.3) is 10.9 Å². The Morgan fingerprint density at radius 1 is 1.32 bits per heavy atom. The number of esters is 1. The van der Waals surface area contributed by atoms with Gasteiger partial charge >= 0.3 is 5.97 Å². The van der Waals surface area contributed by atoms with Crippen LogP contribution in [0.4, 0.5) is 17.1 Å². The SMILES string of the molecule is CCOC(=O)C1CCCN1C/C=C/C(=O)Nc1cc2c(Nc3cccc(Br)c3)c(C#N)cnc2cc1OC. The molecule has 0 aliphatic carbocycles. The summed E-state index contributed by atoms with van der Waals surface area (Å²) in [6.07, 6.45) is 6.34. The van der Waals surface area contributed by atoms with Crippen molar-refractivity contribution in [1.82, 2.24) is 9.88 Å². The Hall–Kier alpha value is -3.94. The predicted octanol–water partition coefficient (Wildman–Crippen LogP) is 5.14. The average Bonchev–Trinajstić information content (AvgIpc) is 3.37. The van der Waals surface area contributed by atoms with Crippen LogP contribution in [0.5, 0.6) is 5.75 Å². The second-order valence-corrected chi connectivity index (χ2v) is 9.58. The fourth-order valence-electron chi connectivity index (χ4n) is 4.44. The molecule has 196 valence electrons. The molecule has 1 aromatic heterocycles. The Labute approximate surface area is 229 Å². The first-order valence-electron chi connectivity index (χ1n) is 12.2. The van der Waals surface area contributed by atoms with Gasteiger partial charge in [-0.3, -0.25) is 19.5 Å². The van der Waals surface area contributed by atoms with E-state index in [2.05, 4.69) is 37.6 Å². The summed E-state index contributed by atoms with van der Waals surface area (Å²) in [7, 11) is 1.51. The van der Waals surface area contributed by atoms with Gasteiger partial charge in [0.05, 0.1) is 36.2 Å². The molecule has 0 radical (unpaired) electrons. The first-order chi connectivity index (χ1) is 18.4. The summed E-state index contributed by atoms with van der Waals surface area (Å²) in [5.41, 5.74) is 2.76. The van der Waals surface area contributed by atoms with E-state index in [4.69, 9.17) is 9.47 Å². The van der Waals surface area contributed by atoms with E-state index in [1.54, 1.807) is 25.1 Å². The van der Waals surface area contributed by atoms with Gasteiger partial charge in [-0.2, -0.15) is 5.26 Å². The Morgan fingerprint density at radius 3 is 2.89 bits per heavy atom. The molecule has 1 saturated heterocycles. The highest BCUT2D eigenvalue weighted by atomic mass is 79.9. The molecule has 2 heterocycles. The van der Waals surface area contributed by atoms with Crippen molar-refractivity contribution in [3.8, 4) is 11.8 Å². The van der Waals surface area contributed by atoms with Crippen LogP contribution in [-0.2, 0) is 14.3 Å². The van der Waals surface area contributed by atoms with Gasteiger partial charge in [0, 0.05) is 40.4 Å². The summed E-state index contributed by atoms with van der Waals surface area (Å²) >= 11 is 3.46. The molecule has 2 N–H and O–H groups in total.